The molecule has 0 atom stereocenters. The molecule has 0 aliphatic rings. The highest BCUT2D eigenvalue weighted by Gasteiger charge is 1.19. The van der Waals surface area contributed by atoms with Crippen LogP contribution in [0.3, 0.4) is 0 Å². The van der Waals surface area contributed by atoms with Crippen molar-refractivity contribution in [3.05, 3.63) is 0 Å². The largest absolute Gasteiger partial charge is 0.372 e. The average molecular weight is 96.2 g/mol. The monoisotopic (exact) mass is 96.0 g/mol. The molecule has 0 spiro atoms. The lowest BCUT2D eigenvalue weighted by Crippen LogP contribution is -1.82. The first kappa shape index (κ1) is 21.6. The molecule has 0 aromatic rings. The summed E-state index contributed by atoms with van der Waals surface area (Å²) >= 11 is 0. The Labute approximate surface area is 37.6 Å². The lowest BCUT2D eigenvalue weighted by atomic mass is 11.5. The predicted octanol–water partition coefficient (Wildman–Crippen LogP) is -0.624. The van der Waals surface area contributed by atoms with Gasteiger partial charge < -0.3 is 11.9 Å². The summed E-state index contributed by atoms with van der Waals surface area (Å²) in [5.41, 5.74) is 4.17. The zero-order valence-corrected chi connectivity index (χ0v) is 3.77. The molecule has 0 aliphatic heterocycles. The first-order chi connectivity index (χ1) is 1.41. The Kier molecular flexibility index (Phi) is 207. The van der Waals surface area contributed by atoms with E-state index < -0.39 is 0 Å². The molecule has 5 heavy (non-hydrogen) atoms. The van der Waals surface area contributed by atoms with E-state index in [1.807, 2.05) is 0 Å². The van der Waals surface area contributed by atoms with E-state index in [9.17, 15) is 0 Å². The number of carbonyl (C=O) groups excluding carboxylic acids is 1. The topological polar surface area (TPSA) is 78.1 Å². The summed E-state index contributed by atoms with van der Waals surface area (Å²) in [7, 11) is 0. The van der Waals surface area contributed by atoms with Crippen molar-refractivity contribution in [3.63, 3.8) is 0 Å². The van der Waals surface area contributed by atoms with Gasteiger partial charge >= 0.3 is 0 Å². The lowest BCUT2D eigenvalue weighted by molar-refractivity contribution is -0.106. The molecule has 0 bridgehead atoms. The third kappa shape index (κ3) is 247. The average Bonchev–Trinajstić information content (AvgIpc) is 0.918. The fourth-order valence-corrected chi connectivity index (χ4v) is 0. The number of hydrogen-bond donors (Lipinski definition) is 2. The Balaban J connectivity index is -0.0000000200. The summed E-state index contributed by atoms with van der Waals surface area (Å²) in [5.74, 6) is 0. The van der Waals surface area contributed by atoms with Crippen LogP contribution in [0.15, 0.2) is 0 Å². The molecule has 0 aliphatic carbocycles. The molecule has 3 nitrogen and oxygen atoms in total. The minimum Gasteiger partial charge on any atom is -0.372 e. The molecule has 4 heteroatoms. The molecule has 0 fully saturated rings. The van der Waals surface area contributed by atoms with Gasteiger partial charge in [-0.3, -0.25) is 4.79 Å². The third-order valence-corrected chi connectivity index (χ3v) is 0. The van der Waals surface area contributed by atoms with Gasteiger partial charge in [0.05, 0.1) is 0 Å². The molecule has 5 N–H and O–H groups in total. The van der Waals surface area contributed by atoms with E-state index in [0.717, 1.165) is 0 Å². The van der Waals surface area contributed by atoms with Crippen molar-refractivity contribution in [2.75, 3.05) is 0 Å². The Bertz CT molecular complexity index is 17.1. The van der Waals surface area contributed by atoms with E-state index in [4.69, 9.17) is 4.79 Å². The van der Waals surface area contributed by atoms with Crippen LogP contribution in [0.5, 0.6) is 0 Å². The van der Waals surface area contributed by atoms with Gasteiger partial charge in [-0.05, 0) is 0 Å². The van der Waals surface area contributed by atoms with Gasteiger partial charge in [-0.2, -0.15) is 13.5 Å². The molecular formula is CH8N2OS. The maximum absolute atomic E-state index is 8.58. The number of rotatable bonds is 0. The first-order valence-corrected chi connectivity index (χ1v) is 0.569. The summed E-state index contributed by atoms with van der Waals surface area (Å²) in [5, 5.41) is 0. The van der Waals surface area contributed by atoms with E-state index >= 15 is 0 Å². The third-order valence-electron chi connectivity index (χ3n) is 0. The number of hydrogen-bond acceptors (Lipinski definition) is 2. The minimum absolute atomic E-state index is 0. The maximum atomic E-state index is 8.58. The van der Waals surface area contributed by atoms with Gasteiger partial charge in [0.15, 0.2) is 0 Å². The smallest absolute Gasteiger partial charge is 0.204 e. The highest BCUT2D eigenvalue weighted by atomic mass is 32.1. The van der Waals surface area contributed by atoms with Crippen LogP contribution in [-0.4, -0.2) is 6.41 Å². The SMILES string of the molecule is N.NC=O.S. The van der Waals surface area contributed by atoms with Crippen molar-refractivity contribution in [2.24, 2.45) is 5.73 Å². The van der Waals surface area contributed by atoms with Crippen LogP contribution in [-0.2, 0) is 4.79 Å². The number of carbonyl (C=O) groups is 1. The number of nitrogens with two attached hydrogens (primary N) is 1. The normalized spacial score (nSPS) is 2.40. The highest BCUT2D eigenvalue weighted by molar-refractivity contribution is 7.59. The summed E-state index contributed by atoms with van der Waals surface area (Å²) in [6, 6.07) is 0. The zero-order valence-electron chi connectivity index (χ0n) is 2.77. The molecule has 0 aromatic heterocycles. The predicted molar refractivity (Wildman–Crippen MR) is 25.7 cm³/mol. The van der Waals surface area contributed by atoms with Gasteiger partial charge in [0.1, 0.15) is 0 Å². The molecule has 0 unspecified atom stereocenters. The maximum Gasteiger partial charge on any atom is 0.204 e. The van der Waals surface area contributed by atoms with Crippen LogP contribution in [0.25, 0.3) is 0 Å². The molecule has 0 radical (unpaired) electrons. The second kappa shape index (κ2) is 48.0. The van der Waals surface area contributed by atoms with Gasteiger partial charge in [0.2, 0.25) is 6.41 Å². The van der Waals surface area contributed by atoms with Crippen LogP contribution in [0, 0.1) is 0 Å². The van der Waals surface area contributed by atoms with Crippen molar-refractivity contribution in [2.45, 2.75) is 0 Å². The highest BCUT2D eigenvalue weighted by Crippen LogP contribution is 0.798. The molecular weight excluding hydrogens is 88.1 g/mol. The summed E-state index contributed by atoms with van der Waals surface area (Å²) < 4.78 is 0. The van der Waals surface area contributed by atoms with Crippen molar-refractivity contribution < 1.29 is 4.79 Å². The van der Waals surface area contributed by atoms with E-state index in [1.165, 1.54) is 0 Å². The molecule has 0 saturated heterocycles. The summed E-state index contributed by atoms with van der Waals surface area (Å²) in [6.07, 6.45) is 0.250. The number of primary amides is 1. The molecule has 0 aromatic carbocycles. The Morgan fingerprint density at radius 1 is 1.60 bits per heavy atom. The molecule has 0 rings (SSSR count). The van der Waals surface area contributed by atoms with E-state index in [-0.39, 0.29) is 26.1 Å². The van der Waals surface area contributed by atoms with Crippen LogP contribution in [0.4, 0.5) is 0 Å². The fourth-order valence-electron chi connectivity index (χ4n) is 0. The van der Waals surface area contributed by atoms with Gasteiger partial charge in [-0.25, -0.2) is 0 Å². The Morgan fingerprint density at radius 2 is 1.60 bits per heavy atom. The van der Waals surface area contributed by atoms with Crippen LogP contribution in [0.1, 0.15) is 0 Å². The summed E-state index contributed by atoms with van der Waals surface area (Å²) in [6.45, 7) is 0. The van der Waals surface area contributed by atoms with Crippen molar-refractivity contribution >= 4 is 19.9 Å². The molecule has 1 amide bonds. The molecule has 0 heterocycles. The van der Waals surface area contributed by atoms with Crippen molar-refractivity contribution in [3.8, 4) is 0 Å². The van der Waals surface area contributed by atoms with Gasteiger partial charge in [0.25, 0.3) is 0 Å². The molecule has 0 saturated carbocycles. The van der Waals surface area contributed by atoms with Gasteiger partial charge in [0, 0.05) is 0 Å². The number of amides is 1. The zero-order chi connectivity index (χ0) is 2.71. The van der Waals surface area contributed by atoms with E-state index in [0.29, 0.717) is 0 Å². The second-order valence-corrected chi connectivity index (χ2v) is 0.136. The molecule has 34 valence electrons. The minimum atomic E-state index is 0. The lowest BCUT2D eigenvalue weighted by Gasteiger charge is -1.32. The Morgan fingerprint density at radius 3 is 1.60 bits per heavy atom. The van der Waals surface area contributed by atoms with E-state index in [1.54, 1.807) is 0 Å². The van der Waals surface area contributed by atoms with Gasteiger partial charge in [-0.15, -0.1) is 0 Å². The quantitative estimate of drug-likeness (QED) is 0.394. The van der Waals surface area contributed by atoms with Crippen molar-refractivity contribution in [1.82, 2.24) is 6.15 Å². The summed E-state index contributed by atoms with van der Waals surface area (Å²) in [4.78, 5) is 8.58. The van der Waals surface area contributed by atoms with Crippen LogP contribution >= 0.6 is 13.5 Å². The Hall–Kier alpha value is -0.220. The van der Waals surface area contributed by atoms with Gasteiger partial charge in [-0.1, -0.05) is 0 Å². The van der Waals surface area contributed by atoms with E-state index in [2.05, 4.69) is 5.73 Å². The second-order valence-electron chi connectivity index (χ2n) is 0.136. The van der Waals surface area contributed by atoms with Crippen LogP contribution < -0.4 is 11.9 Å². The first-order valence-electron chi connectivity index (χ1n) is 0.569. The fraction of sp³-hybridized carbons (Fsp3) is 0. The standard InChI is InChI=1S/CH3NO.H3N.H2S/c2-1-3;;/h1H,(H2,2,3);1H3;1H2. The van der Waals surface area contributed by atoms with Crippen LogP contribution in [0.2, 0.25) is 0 Å². The van der Waals surface area contributed by atoms with Crippen molar-refractivity contribution in [1.29, 1.82) is 0 Å².